The van der Waals surface area contributed by atoms with Crippen LogP contribution in [-0.4, -0.2) is 17.7 Å². The van der Waals surface area contributed by atoms with E-state index in [1.165, 1.54) is 6.92 Å². The fourth-order valence-corrected chi connectivity index (χ4v) is 0.827. The molecule has 0 saturated heterocycles. The zero-order valence-corrected chi connectivity index (χ0v) is 9.74. The topological polar surface area (TPSA) is 69.7 Å². The molecule has 0 aromatic rings. The molecule has 0 aliphatic heterocycles. The number of ketones is 1. The first kappa shape index (κ1) is 14.3. The largest absolute Gasteiger partial charge is 0.381 e. The number of hydrogen-bond acceptors (Lipinski definition) is 5. The van der Waals surface area contributed by atoms with E-state index in [1.54, 1.807) is 13.0 Å². The lowest BCUT2D eigenvalue weighted by molar-refractivity contribution is -0.255. The second kappa shape index (κ2) is 7.62. The van der Waals surface area contributed by atoms with Gasteiger partial charge < -0.3 is 0 Å². The molecule has 5 nitrogen and oxygen atoms in total. The lowest BCUT2D eigenvalue weighted by atomic mass is 10.2. The van der Waals surface area contributed by atoms with Crippen molar-refractivity contribution in [3.05, 3.63) is 11.6 Å². The van der Waals surface area contributed by atoms with Crippen LogP contribution < -0.4 is 0 Å². The van der Waals surface area contributed by atoms with Crippen LogP contribution in [0, 0.1) is 0 Å². The number of rotatable bonds is 5. The third-order valence-electron chi connectivity index (χ3n) is 1.66. The first-order valence-electron chi connectivity index (χ1n) is 5.05. The molecule has 0 bridgehead atoms. The van der Waals surface area contributed by atoms with Gasteiger partial charge in [0.25, 0.3) is 0 Å². The highest BCUT2D eigenvalue weighted by molar-refractivity contribution is 5.94. The molecule has 0 spiro atoms. The van der Waals surface area contributed by atoms with Crippen molar-refractivity contribution in [2.45, 2.75) is 40.0 Å². The van der Waals surface area contributed by atoms with E-state index in [0.717, 1.165) is 12.8 Å². The summed E-state index contributed by atoms with van der Waals surface area (Å²) in [7, 11) is 0. The van der Waals surface area contributed by atoms with E-state index in [4.69, 9.17) is 0 Å². The predicted molar refractivity (Wildman–Crippen MR) is 56.1 cm³/mol. The molecule has 0 unspecified atom stereocenters. The first-order chi connectivity index (χ1) is 7.47. The number of allylic oxidation sites excluding steroid dienone is 1. The molecule has 0 N–H and O–H groups in total. The smallest absolute Gasteiger partial charge is 0.299 e. The standard InChI is InChI=1S/C11H16O5/c1-4-5-6-8(2)11(14)16-15-10(13)7-9(3)12/h6H,4-5,7H2,1-3H3. The maximum Gasteiger partial charge on any atom is 0.381 e. The van der Waals surface area contributed by atoms with Gasteiger partial charge in [0, 0.05) is 5.57 Å². The summed E-state index contributed by atoms with van der Waals surface area (Å²) in [5.41, 5.74) is 0.373. The Balaban J connectivity index is 3.97. The lowest BCUT2D eigenvalue weighted by Gasteiger charge is -2.02. The van der Waals surface area contributed by atoms with Crippen molar-refractivity contribution in [2.24, 2.45) is 0 Å². The second-order valence-corrected chi connectivity index (χ2v) is 3.38. The average Bonchev–Trinajstić information content (AvgIpc) is 2.21. The minimum Gasteiger partial charge on any atom is -0.299 e. The van der Waals surface area contributed by atoms with Gasteiger partial charge in [-0.05, 0) is 20.3 Å². The minimum absolute atomic E-state index is 0.348. The molecule has 0 amide bonds. The first-order valence-corrected chi connectivity index (χ1v) is 5.05. The lowest BCUT2D eigenvalue weighted by Crippen LogP contribution is -2.14. The van der Waals surface area contributed by atoms with Gasteiger partial charge in [-0.15, -0.1) is 0 Å². The normalized spacial score (nSPS) is 10.8. The molecule has 0 saturated carbocycles. The van der Waals surface area contributed by atoms with E-state index in [2.05, 4.69) is 9.78 Å². The van der Waals surface area contributed by atoms with Crippen LogP contribution in [0.25, 0.3) is 0 Å². The number of Topliss-reactive ketones (excluding diaryl/α,β-unsaturated/α-hetero) is 1. The Labute approximate surface area is 94.3 Å². The van der Waals surface area contributed by atoms with E-state index in [1.807, 2.05) is 6.92 Å². The minimum atomic E-state index is -0.871. The quantitative estimate of drug-likeness (QED) is 0.310. The average molecular weight is 228 g/mol. The summed E-state index contributed by atoms with van der Waals surface area (Å²) >= 11 is 0. The van der Waals surface area contributed by atoms with Gasteiger partial charge in [-0.2, -0.15) is 0 Å². The third-order valence-corrected chi connectivity index (χ3v) is 1.66. The summed E-state index contributed by atoms with van der Waals surface area (Å²) in [4.78, 5) is 41.0. The molecule has 0 aromatic heterocycles. The predicted octanol–water partition coefficient (Wildman–Crippen LogP) is 1.71. The maximum absolute atomic E-state index is 11.2. The zero-order valence-electron chi connectivity index (χ0n) is 9.74. The number of carbonyl (C=O) groups is 3. The molecule has 5 heteroatoms. The van der Waals surface area contributed by atoms with Gasteiger partial charge in [0.15, 0.2) is 0 Å². The van der Waals surface area contributed by atoms with Gasteiger partial charge in [0.2, 0.25) is 0 Å². The monoisotopic (exact) mass is 228 g/mol. The highest BCUT2D eigenvalue weighted by Crippen LogP contribution is 2.02. The van der Waals surface area contributed by atoms with Gasteiger partial charge in [-0.25, -0.2) is 19.4 Å². The van der Waals surface area contributed by atoms with E-state index in [-0.39, 0.29) is 5.78 Å². The van der Waals surface area contributed by atoms with Crippen molar-refractivity contribution in [3.63, 3.8) is 0 Å². The molecule has 0 radical (unpaired) electrons. The Morgan fingerprint density at radius 1 is 1.12 bits per heavy atom. The highest BCUT2D eigenvalue weighted by Gasteiger charge is 2.12. The van der Waals surface area contributed by atoms with Crippen LogP contribution in [0.2, 0.25) is 0 Å². The Kier molecular flexibility index (Phi) is 6.83. The van der Waals surface area contributed by atoms with Crippen molar-refractivity contribution in [3.8, 4) is 0 Å². The van der Waals surface area contributed by atoms with Crippen LogP contribution in [0.1, 0.15) is 40.0 Å². The van der Waals surface area contributed by atoms with Crippen molar-refractivity contribution < 1.29 is 24.2 Å². The zero-order chi connectivity index (χ0) is 12.6. The summed E-state index contributed by atoms with van der Waals surface area (Å²) in [6.45, 7) is 4.79. The Bertz CT molecular complexity index is 303. The van der Waals surface area contributed by atoms with Crippen LogP contribution in [-0.2, 0) is 24.2 Å². The van der Waals surface area contributed by atoms with Gasteiger partial charge in [-0.3, -0.25) is 4.79 Å². The molecule has 16 heavy (non-hydrogen) atoms. The van der Waals surface area contributed by atoms with E-state index in [9.17, 15) is 14.4 Å². The number of carbonyl (C=O) groups excluding carboxylic acids is 3. The van der Waals surface area contributed by atoms with Crippen molar-refractivity contribution >= 4 is 17.7 Å². The number of unbranched alkanes of at least 4 members (excludes halogenated alkanes) is 1. The van der Waals surface area contributed by atoms with Crippen LogP contribution in [0.4, 0.5) is 0 Å². The van der Waals surface area contributed by atoms with Crippen LogP contribution in [0.15, 0.2) is 11.6 Å². The van der Waals surface area contributed by atoms with Crippen LogP contribution in [0.5, 0.6) is 0 Å². The summed E-state index contributed by atoms with van der Waals surface area (Å²) in [5.74, 6) is -1.94. The summed E-state index contributed by atoms with van der Waals surface area (Å²) in [6, 6.07) is 0. The second-order valence-electron chi connectivity index (χ2n) is 3.38. The molecule has 0 aliphatic carbocycles. The van der Waals surface area contributed by atoms with Crippen molar-refractivity contribution in [1.29, 1.82) is 0 Å². The fourth-order valence-electron chi connectivity index (χ4n) is 0.827. The maximum atomic E-state index is 11.2. The third kappa shape index (κ3) is 6.75. The van der Waals surface area contributed by atoms with Gasteiger partial charge in [-0.1, -0.05) is 19.4 Å². The van der Waals surface area contributed by atoms with E-state index in [0.29, 0.717) is 5.57 Å². The fraction of sp³-hybridized carbons (Fsp3) is 0.545. The van der Waals surface area contributed by atoms with Gasteiger partial charge in [0.05, 0.1) is 0 Å². The number of hydrogen-bond donors (Lipinski definition) is 0. The molecule has 0 fully saturated rings. The molecule has 0 atom stereocenters. The SMILES string of the molecule is CCCC=C(C)C(=O)OOC(=O)CC(C)=O. The Hall–Kier alpha value is -1.65. The summed E-state index contributed by atoms with van der Waals surface area (Å²) in [5, 5.41) is 0. The molecular weight excluding hydrogens is 212 g/mol. The summed E-state index contributed by atoms with van der Waals surface area (Å²) < 4.78 is 0. The Morgan fingerprint density at radius 3 is 2.25 bits per heavy atom. The highest BCUT2D eigenvalue weighted by atomic mass is 17.2. The molecular formula is C11H16O5. The molecule has 0 rings (SSSR count). The molecule has 90 valence electrons. The molecule has 0 heterocycles. The summed E-state index contributed by atoms with van der Waals surface area (Å²) in [6.07, 6.45) is 2.96. The van der Waals surface area contributed by atoms with Crippen molar-refractivity contribution in [1.82, 2.24) is 0 Å². The van der Waals surface area contributed by atoms with Crippen LogP contribution in [0.3, 0.4) is 0 Å². The van der Waals surface area contributed by atoms with Crippen LogP contribution >= 0.6 is 0 Å². The van der Waals surface area contributed by atoms with E-state index >= 15 is 0 Å². The van der Waals surface area contributed by atoms with Gasteiger partial charge in [0.1, 0.15) is 12.2 Å². The van der Waals surface area contributed by atoms with E-state index < -0.39 is 18.4 Å². The molecule has 0 aliphatic rings. The van der Waals surface area contributed by atoms with Crippen molar-refractivity contribution in [2.75, 3.05) is 0 Å². The Morgan fingerprint density at radius 2 is 1.75 bits per heavy atom. The van der Waals surface area contributed by atoms with Gasteiger partial charge >= 0.3 is 11.9 Å². The molecule has 0 aromatic carbocycles.